The van der Waals surface area contributed by atoms with Gasteiger partial charge in [-0.2, -0.15) is 0 Å². The molecule has 0 aliphatic carbocycles. The van der Waals surface area contributed by atoms with E-state index in [1.54, 1.807) is 6.20 Å². The Kier molecular flexibility index (Phi) is 9.39. The Hall–Kier alpha value is -3.65. The molecule has 0 amide bonds. The maximum absolute atomic E-state index is 10.8. The molecule has 4 aromatic rings. The van der Waals surface area contributed by atoms with Gasteiger partial charge in [0.2, 0.25) is 0 Å². The molecule has 1 saturated heterocycles. The van der Waals surface area contributed by atoms with Crippen LogP contribution in [-0.2, 0) is 0 Å². The Bertz CT molecular complexity index is 1330. The van der Waals surface area contributed by atoms with Crippen LogP contribution in [0.1, 0.15) is 17.0 Å². The van der Waals surface area contributed by atoms with E-state index in [0.29, 0.717) is 12.5 Å². The van der Waals surface area contributed by atoms with Crippen molar-refractivity contribution in [1.29, 1.82) is 0 Å². The van der Waals surface area contributed by atoms with Gasteiger partial charge in [0.05, 0.1) is 5.52 Å². The van der Waals surface area contributed by atoms with Crippen LogP contribution in [-0.4, -0.2) is 100 Å². The highest BCUT2D eigenvalue weighted by molar-refractivity contribution is 5.84. The zero-order chi connectivity index (χ0) is 28.8. The van der Waals surface area contributed by atoms with Gasteiger partial charge in [-0.1, -0.05) is 30.3 Å². The van der Waals surface area contributed by atoms with Gasteiger partial charge < -0.3 is 19.6 Å². The summed E-state index contributed by atoms with van der Waals surface area (Å²) in [7, 11) is 8.32. The lowest BCUT2D eigenvalue weighted by Crippen LogP contribution is -2.50. The molecule has 5 rings (SSSR count). The molecule has 1 fully saturated rings. The number of aromatic nitrogens is 1. The Morgan fingerprint density at radius 2 is 1.29 bits per heavy atom. The number of nitrogens with zero attached hydrogens (tertiary/aromatic N) is 5. The quantitative estimate of drug-likeness (QED) is 0.292. The van der Waals surface area contributed by atoms with Gasteiger partial charge in [-0.3, -0.25) is 14.8 Å². The molecule has 0 bridgehead atoms. The van der Waals surface area contributed by atoms with Gasteiger partial charge in [0.15, 0.2) is 0 Å². The smallest absolute Gasteiger partial charge is 0.128 e. The summed E-state index contributed by atoms with van der Waals surface area (Å²) >= 11 is 0. The summed E-state index contributed by atoms with van der Waals surface area (Å²) in [5.41, 5.74) is 6.00. The highest BCUT2D eigenvalue weighted by atomic mass is 16.5. The van der Waals surface area contributed by atoms with E-state index in [0.717, 1.165) is 49.4 Å². The number of anilines is 2. The number of rotatable bonds is 11. The van der Waals surface area contributed by atoms with Crippen molar-refractivity contribution in [3.8, 4) is 5.75 Å². The lowest BCUT2D eigenvalue weighted by molar-refractivity contribution is 0.0459. The zero-order valence-corrected chi connectivity index (χ0v) is 24.8. The first-order valence-corrected chi connectivity index (χ1v) is 14.5. The van der Waals surface area contributed by atoms with Crippen molar-refractivity contribution < 1.29 is 9.84 Å². The minimum Gasteiger partial charge on any atom is -0.490 e. The number of aliphatic hydroxyl groups is 1. The maximum Gasteiger partial charge on any atom is 0.128 e. The number of aliphatic hydroxyl groups excluding tert-OH is 1. The van der Waals surface area contributed by atoms with E-state index in [9.17, 15) is 5.11 Å². The first-order chi connectivity index (χ1) is 19.9. The average Bonchev–Trinajstić information content (AvgIpc) is 2.99. The molecular formula is C34H43N5O2. The third-order valence-corrected chi connectivity index (χ3v) is 8.04. The number of benzene rings is 3. The largest absolute Gasteiger partial charge is 0.490 e. The second-order valence-electron chi connectivity index (χ2n) is 11.4. The molecule has 1 N–H and O–H groups in total. The van der Waals surface area contributed by atoms with E-state index in [4.69, 9.17) is 4.74 Å². The minimum atomic E-state index is -0.549. The van der Waals surface area contributed by atoms with Gasteiger partial charge in [0.25, 0.3) is 0 Å². The normalized spacial score (nSPS) is 15.3. The Labute approximate surface area is 244 Å². The van der Waals surface area contributed by atoms with Crippen LogP contribution in [0.15, 0.2) is 85.1 Å². The van der Waals surface area contributed by atoms with Crippen LogP contribution >= 0.6 is 0 Å². The number of ether oxygens (including phenoxy) is 1. The molecule has 1 unspecified atom stereocenters. The lowest BCUT2D eigenvalue weighted by atomic mass is 9.90. The summed E-state index contributed by atoms with van der Waals surface area (Å²) in [6.07, 6.45) is 1.23. The van der Waals surface area contributed by atoms with E-state index in [1.807, 2.05) is 30.3 Å². The van der Waals surface area contributed by atoms with Gasteiger partial charge in [-0.05, 0) is 59.7 Å². The predicted molar refractivity (Wildman–Crippen MR) is 170 cm³/mol. The summed E-state index contributed by atoms with van der Waals surface area (Å²) in [4.78, 5) is 13.6. The van der Waals surface area contributed by atoms with E-state index >= 15 is 0 Å². The van der Waals surface area contributed by atoms with E-state index in [-0.39, 0.29) is 6.61 Å². The predicted octanol–water partition coefficient (Wildman–Crippen LogP) is 4.56. The SMILES string of the molecule is CN(C)c1ccc(C(CN2CCN(CC(O)COc3cccc4ncccc34)CC2)c2ccc(N(C)C)cc2)cc1. The van der Waals surface area contributed by atoms with Crippen LogP contribution in [0.5, 0.6) is 5.75 Å². The molecule has 1 aliphatic rings. The monoisotopic (exact) mass is 553 g/mol. The summed E-state index contributed by atoms with van der Waals surface area (Å²) < 4.78 is 6.01. The average molecular weight is 554 g/mol. The minimum absolute atomic E-state index is 0.266. The molecule has 216 valence electrons. The summed E-state index contributed by atoms with van der Waals surface area (Å²) in [6.45, 7) is 5.66. The van der Waals surface area contributed by atoms with E-state index in [2.05, 4.69) is 101 Å². The zero-order valence-electron chi connectivity index (χ0n) is 24.8. The number of pyridine rings is 1. The Morgan fingerprint density at radius 3 is 1.85 bits per heavy atom. The van der Waals surface area contributed by atoms with Crippen molar-refractivity contribution in [2.75, 3.05) is 83.9 Å². The molecule has 2 heterocycles. The highest BCUT2D eigenvalue weighted by Crippen LogP contribution is 2.29. The van der Waals surface area contributed by atoms with Crippen molar-refractivity contribution in [3.05, 3.63) is 96.2 Å². The van der Waals surface area contributed by atoms with Crippen LogP contribution in [0.4, 0.5) is 11.4 Å². The van der Waals surface area contributed by atoms with Gasteiger partial charge in [-0.25, -0.2) is 0 Å². The Balaban J connectivity index is 1.18. The first kappa shape index (κ1) is 28.9. The van der Waals surface area contributed by atoms with Crippen molar-refractivity contribution in [2.24, 2.45) is 0 Å². The molecule has 3 aromatic carbocycles. The van der Waals surface area contributed by atoms with Crippen molar-refractivity contribution in [2.45, 2.75) is 12.0 Å². The fourth-order valence-corrected chi connectivity index (χ4v) is 5.56. The second kappa shape index (κ2) is 13.3. The Morgan fingerprint density at radius 1 is 0.732 bits per heavy atom. The van der Waals surface area contributed by atoms with Crippen LogP contribution in [0.2, 0.25) is 0 Å². The number of fused-ring (bicyclic) bond motifs is 1. The molecule has 41 heavy (non-hydrogen) atoms. The lowest BCUT2D eigenvalue weighted by Gasteiger charge is -2.37. The molecule has 0 saturated carbocycles. The van der Waals surface area contributed by atoms with Crippen molar-refractivity contribution in [1.82, 2.24) is 14.8 Å². The molecule has 0 spiro atoms. The first-order valence-electron chi connectivity index (χ1n) is 14.5. The fourth-order valence-electron chi connectivity index (χ4n) is 5.56. The number of hydrogen-bond donors (Lipinski definition) is 1. The number of β-amino-alcohol motifs (C(OH)–C–C–N with tert-alkyl or cyclic N) is 1. The highest BCUT2D eigenvalue weighted by Gasteiger charge is 2.24. The molecule has 0 radical (unpaired) electrons. The van der Waals surface area contributed by atoms with Gasteiger partial charge >= 0.3 is 0 Å². The molecule has 1 aromatic heterocycles. The van der Waals surface area contributed by atoms with Gasteiger partial charge in [0.1, 0.15) is 18.5 Å². The van der Waals surface area contributed by atoms with Crippen LogP contribution in [0.3, 0.4) is 0 Å². The third kappa shape index (κ3) is 7.36. The van der Waals surface area contributed by atoms with Gasteiger partial charge in [-0.15, -0.1) is 0 Å². The van der Waals surface area contributed by atoms with Crippen LogP contribution in [0.25, 0.3) is 10.9 Å². The van der Waals surface area contributed by atoms with Crippen molar-refractivity contribution >= 4 is 22.3 Å². The van der Waals surface area contributed by atoms with Gasteiger partial charge in [0, 0.05) is 96.3 Å². The molecular weight excluding hydrogens is 510 g/mol. The number of hydrogen-bond acceptors (Lipinski definition) is 7. The fraction of sp³-hybridized carbons (Fsp3) is 0.382. The molecule has 7 nitrogen and oxygen atoms in total. The summed E-state index contributed by atoms with van der Waals surface area (Å²) in [5, 5.41) is 11.7. The molecule has 1 aliphatic heterocycles. The molecule has 7 heteroatoms. The second-order valence-corrected chi connectivity index (χ2v) is 11.4. The topological polar surface area (TPSA) is 55.3 Å². The molecule has 1 atom stereocenters. The summed E-state index contributed by atoms with van der Waals surface area (Å²) in [5.74, 6) is 1.06. The van der Waals surface area contributed by atoms with E-state index < -0.39 is 6.10 Å². The third-order valence-electron chi connectivity index (χ3n) is 8.04. The van der Waals surface area contributed by atoms with Crippen molar-refractivity contribution in [3.63, 3.8) is 0 Å². The van der Waals surface area contributed by atoms with Crippen LogP contribution in [0, 0.1) is 0 Å². The standard InChI is InChI=1S/C34H43N5O2/c1-36(2)28-14-10-26(11-15-28)32(27-12-16-29(17-13-27)37(3)4)24-39-21-19-38(20-22-39)23-30(40)25-41-34-9-5-8-33-31(34)7-6-18-35-33/h5-18,30,32,40H,19-25H2,1-4H3. The maximum atomic E-state index is 10.8. The summed E-state index contributed by atoms with van der Waals surface area (Å²) in [6, 6.07) is 27.7. The van der Waals surface area contributed by atoms with Crippen LogP contribution < -0.4 is 14.5 Å². The van der Waals surface area contributed by atoms with E-state index in [1.165, 1.54) is 22.5 Å². The number of piperazine rings is 1.